The molecule has 0 radical (unpaired) electrons. The van der Waals surface area contributed by atoms with Crippen molar-refractivity contribution in [2.24, 2.45) is 0 Å². The molecule has 0 spiro atoms. The maximum Gasteiger partial charge on any atom is 0.337 e. The summed E-state index contributed by atoms with van der Waals surface area (Å²) in [6.45, 7) is 0. The van der Waals surface area contributed by atoms with Crippen LogP contribution in [0.25, 0.3) is 10.8 Å². The highest BCUT2D eigenvalue weighted by Gasteiger charge is 2.10. The Balaban J connectivity index is 2.72. The number of carboxylic acids is 2. The SMILES string of the molecule is Nc1cc2ccc(C(=O)O)cc2cc1C(=O)O. The van der Waals surface area contributed by atoms with E-state index in [9.17, 15) is 9.59 Å². The molecule has 86 valence electrons. The molecule has 0 aliphatic rings. The van der Waals surface area contributed by atoms with Crippen molar-refractivity contribution >= 4 is 28.4 Å². The molecule has 0 heterocycles. The lowest BCUT2D eigenvalue weighted by Gasteiger charge is -2.05. The number of benzene rings is 2. The Labute approximate surface area is 96.1 Å². The van der Waals surface area contributed by atoms with Gasteiger partial charge in [-0.3, -0.25) is 0 Å². The van der Waals surface area contributed by atoms with Gasteiger partial charge in [-0.15, -0.1) is 0 Å². The Morgan fingerprint density at radius 2 is 1.65 bits per heavy atom. The number of fused-ring (bicyclic) bond motifs is 1. The molecule has 0 aliphatic carbocycles. The number of rotatable bonds is 2. The summed E-state index contributed by atoms with van der Waals surface area (Å²) in [5.41, 5.74) is 5.83. The van der Waals surface area contributed by atoms with Crippen LogP contribution in [0.5, 0.6) is 0 Å². The summed E-state index contributed by atoms with van der Waals surface area (Å²) in [7, 11) is 0. The van der Waals surface area contributed by atoms with Gasteiger partial charge < -0.3 is 15.9 Å². The second-order valence-corrected chi connectivity index (χ2v) is 3.61. The minimum Gasteiger partial charge on any atom is -0.478 e. The van der Waals surface area contributed by atoms with E-state index in [4.69, 9.17) is 15.9 Å². The van der Waals surface area contributed by atoms with Gasteiger partial charge in [0.05, 0.1) is 11.1 Å². The first-order valence-electron chi connectivity index (χ1n) is 4.79. The van der Waals surface area contributed by atoms with E-state index >= 15 is 0 Å². The van der Waals surface area contributed by atoms with Crippen molar-refractivity contribution in [1.29, 1.82) is 0 Å². The first kappa shape index (κ1) is 10.9. The van der Waals surface area contributed by atoms with Crippen molar-refractivity contribution in [3.63, 3.8) is 0 Å². The van der Waals surface area contributed by atoms with Crippen LogP contribution in [0, 0.1) is 0 Å². The first-order valence-corrected chi connectivity index (χ1v) is 4.79. The van der Waals surface area contributed by atoms with Crippen molar-refractivity contribution in [2.45, 2.75) is 0 Å². The quantitative estimate of drug-likeness (QED) is 0.684. The van der Waals surface area contributed by atoms with Gasteiger partial charge in [0, 0.05) is 5.69 Å². The minimum atomic E-state index is -1.13. The molecule has 0 saturated carbocycles. The fourth-order valence-corrected chi connectivity index (χ4v) is 1.63. The summed E-state index contributed by atoms with van der Waals surface area (Å²) >= 11 is 0. The predicted octanol–water partition coefficient (Wildman–Crippen LogP) is 1.82. The highest BCUT2D eigenvalue weighted by atomic mass is 16.4. The van der Waals surface area contributed by atoms with Crippen molar-refractivity contribution in [3.8, 4) is 0 Å². The van der Waals surface area contributed by atoms with E-state index in [2.05, 4.69) is 0 Å². The number of hydrogen-bond acceptors (Lipinski definition) is 3. The zero-order valence-electron chi connectivity index (χ0n) is 8.68. The van der Waals surface area contributed by atoms with Crippen LogP contribution in [0.3, 0.4) is 0 Å². The maximum absolute atomic E-state index is 10.9. The van der Waals surface area contributed by atoms with Gasteiger partial charge in [-0.2, -0.15) is 0 Å². The molecule has 2 aromatic rings. The molecule has 0 aliphatic heterocycles. The predicted molar refractivity (Wildman–Crippen MR) is 62.3 cm³/mol. The van der Waals surface area contributed by atoms with Crippen molar-refractivity contribution < 1.29 is 19.8 Å². The van der Waals surface area contributed by atoms with E-state index in [1.807, 2.05) is 0 Å². The third-order valence-corrected chi connectivity index (χ3v) is 2.49. The molecule has 0 bridgehead atoms. The first-order chi connectivity index (χ1) is 7.99. The van der Waals surface area contributed by atoms with Crippen LogP contribution < -0.4 is 5.73 Å². The van der Waals surface area contributed by atoms with Crippen molar-refractivity contribution in [3.05, 3.63) is 41.5 Å². The van der Waals surface area contributed by atoms with E-state index < -0.39 is 11.9 Å². The molecule has 0 amide bonds. The minimum absolute atomic E-state index is 0.0277. The molecule has 2 rings (SSSR count). The summed E-state index contributed by atoms with van der Waals surface area (Å²) in [4.78, 5) is 21.7. The zero-order valence-corrected chi connectivity index (χ0v) is 8.68. The summed E-state index contributed by atoms with van der Waals surface area (Å²) in [5, 5.41) is 19.0. The van der Waals surface area contributed by atoms with Crippen molar-refractivity contribution in [1.82, 2.24) is 0 Å². The van der Waals surface area contributed by atoms with E-state index in [1.54, 1.807) is 6.07 Å². The van der Waals surface area contributed by atoms with Gasteiger partial charge in [-0.25, -0.2) is 9.59 Å². The summed E-state index contributed by atoms with van der Waals surface area (Å²) in [5.74, 6) is -2.19. The molecular formula is C12H9NO4. The number of nitrogens with two attached hydrogens (primary N) is 1. The summed E-state index contributed by atoms with van der Waals surface area (Å²) in [6.07, 6.45) is 0. The topological polar surface area (TPSA) is 101 Å². The fourth-order valence-electron chi connectivity index (χ4n) is 1.63. The van der Waals surface area contributed by atoms with Crippen LogP contribution >= 0.6 is 0 Å². The molecule has 5 heteroatoms. The molecular weight excluding hydrogens is 222 g/mol. The van der Waals surface area contributed by atoms with Crippen LogP contribution in [0.15, 0.2) is 30.3 Å². The average molecular weight is 231 g/mol. The Morgan fingerprint density at radius 3 is 2.24 bits per heavy atom. The summed E-state index contributed by atoms with van der Waals surface area (Å²) < 4.78 is 0. The number of anilines is 1. The molecule has 5 nitrogen and oxygen atoms in total. The van der Waals surface area contributed by atoms with Crippen LogP contribution in [-0.4, -0.2) is 22.2 Å². The number of carboxylic acid groups (broad SMARTS) is 2. The van der Waals surface area contributed by atoms with Crippen molar-refractivity contribution in [2.75, 3.05) is 5.73 Å². The van der Waals surface area contributed by atoms with E-state index in [0.717, 1.165) is 0 Å². The average Bonchev–Trinajstić information content (AvgIpc) is 2.27. The number of aromatic carboxylic acids is 2. The van der Waals surface area contributed by atoms with Gasteiger partial charge in [0.15, 0.2) is 0 Å². The van der Waals surface area contributed by atoms with Gasteiger partial charge in [-0.05, 0) is 35.0 Å². The van der Waals surface area contributed by atoms with Crippen LogP contribution in [-0.2, 0) is 0 Å². The lowest BCUT2D eigenvalue weighted by Crippen LogP contribution is -2.02. The summed E-state index contributed by atoms with van der Waals surface area (Å²) in [6, 6.07) is 7.36. The maximum atomic E-state index is 10.9. The van der Waals surface area contributed by atoms with Crippen LogP contribution in [0.1, 0.15) is 20.7 Å². The largest absolute Gasteiger partial charge is 0.478 e. The molecule has 0 atom stereocenters. The molecule has 4 N–H and O–H groups in total. The molecule has 0 aromatic heterocycles. The van der Waals surface area contributed by atoms with E-state index in [1.165, 1.54) is 24.3 Å². The molecule has 0 unspecified atom stereocenters. The lowest BCUT2D eigenvalue weighted by molar-refractivity contribution is 0.0687. The molecule has 17 heavy (non-hydrogen) atoms. The van der Waals surface area contributed by atoms with Gasteiger partial charge in [-0.1, -0.05) is 6.07 Å². The normalized spacial score (nSPS) is 10.4. The Morgan fingerprint density at radius 1 is 0.941 bits per heavy atom. The second-order valence-electron chi connectivity index (χ2n) is 3.61. The third kappa shape index (κ3) is 1.90. The zero-order chi connectivity index (χ0) is 12.6. The number of nitrogen functional groups attached to an aromatic ring is 1. The number of hydrogen-bond donors (Lipinski definition) is 3. The lowest BCUT2D eigenvalue weighted by atomic mass is 10.0. The van der Waals surface area contributed by atoms with Crippen LogP contribution in [0.2, 0.25) is 0 Å². The third-order valence-electron chi connectivity index (χ3n) is 2.49. The molecule has 0 saturated heterocycles. The van der Waals surface area contributed by atoms with Gasteiger partial charge in [0.25, 0.3) is 0 Å². The van der Waals surface area contributed by atoms with E-state index in [-0.39, 0.29) is 16.8 Å². The molecule has 2 aromatic carbocycles. The van der Waals surface area contributed by atoms with Gasteiger partial charge >= 0.3 is 11.9 Å². The number of carbonyl (C=O) groups is 2. The Kier molecular flexibility index (Phi) is 2.44. The Hall–Kier alpha value is -2.56. The molecule has 0 fully saturated rings. The highest BCUT2D eigenvalue weighted by Crippen LogP contribution is 2.23. The van der Waals surface area contributed by atoms with Gasteiger partial charge in [0.2, 0.25) is 0 Å². The fraction of sp³-hybridized carbons (Fsp3) is 0. The van der Waals surface area contributed by atoms with Crippen LogP contribution in [0.4, 0.5) is 5.69 Å². The smallest absolute Gasteiger partial charge is 0.337 e. The highest BCUT2D eigenvalue weighted by molar-refractivity contribution is 6.02. The second kappa shape index (κ2) is 3.79. The Bertz CT molecular complexity index is 634. The monoisotopic (exact) mass is 231 g/mol. The standard InChI is InChI=1S/C12H9NO4/c13-10-5-6-1-2-7(11(14)15)3-8(6)4-9(10)12(16)17/h1-5H,13H2,(H,14,15)(H,16,17). The van der Waals surface area contributed by atoms with Gasteiger partial charge in [0.1, 0.15) is 0 Å². The van der Waals surface area contributed by atoms with E-state index in [0.29, 0.717) is 10.8 Å².